The summed E-state index contributed by atoms with van der Waals surface area (Å²) in [6.45, 7) is 3.59. The molecule has 1 aromatic heterocycles. The summed E-state index contributed by atoms with van der Waals surface area (Å²) in [5.41, 5.74) is 3.43. The van der Waals surface area contributed by atoms with Gasteiger partial charge in [-0.15, -0.1) is 10.2 Å². The van der Waals surface area contributed by atoms with Crippen LogP contribution >= 0.6 is 23.1 Å². The minimum Gasteiger partial charge on any atom is -0.376 e. The van der Waals surface area contributed by atoms with E-state index in [-0.39, 0.29) is 18.1 Å². The SMILES string of the molecule is C[C@@H](NC(=O)CSc1nnc(NC[C@@H]2CCCO2)s1)c1ccc(-c2ccccc2)cc1. The topological polar surface area (TPSA) is 76.1 Å². The van der Waals surface area contributed by atoms with Gasteiger partial charge >= 0.3 is 0 Å². The summed E-state index contributed by atoms with van der Waals surface area (Å²) in [5.74, 6) is 0.293. The Hall–Kier alpha value is -2.42. The van der Waals surface area contributed by atoms with Gasteiger partial charge in [0.15, 0.2) is 4.34 Å². The van der Waals surface area contributed by atoms with Crippen LogP contribution in [0, 0.1) is 0 Å². The fourth-order valence-electron chi connectivity index (χ4n) is 3.43. The summed E-state index contributed by atoms with van der Waals surface area (Å²) in [7, 11) is 0. The van der Waals surface area contributed by atoms with Gasteiger partial charge in [-0.3, -0.25) is 4.79 Å². The van der Waals surface area contributed by atoms with Crippen LogP contribution in [0.15, 0.2) is 58.9 Å². The molecule has 1 amide bonds. The van der Waals surface area contributed by atoms with E-state index in [1.165, 1.54) is 34.2 Å². The number of carbonyl (C=O) groups is 1. The smallest absolute Gasteiger partial charge is 0.230 e. The van der Waals surface area contributed by atoms with Crippen LogP contribution in [0.2, 0.25) is 0 Å². The van der Waals surface area contributed by atoms with Gasteiger partial charge in [-0.25, -0.2) is 0 Å². The summed E-state index contributed by atoms with van der Waals surface area (Å²) < 4.78 is 6.38. The number of amides is 1. The molecule has 0 spiro atoms. The monoisotopic (exact) mass is 454 g/mol. The fourth-order valence-corrected chi connectivity index (χ4v) is 5.00. The van der Waals surface area contributed by atoms with Crippen LogP contribution in [0.5, 0.6) is 0 Å². The second-order valence-electron chi connectivity index (χ2n) is 7.45. The molecule has 6 nitrogen and oxygen atoms in total. The van der Waals surface area contributed by atoms with Gasteiger partial charge in [0.05, 0.1) is 17.9 Å². The Balaban J connectivity index is 1.22. The highest BCUT2D eigenvalue weighted by molar-refractivity contribution is 8.01. The van der Waals surface area contributed by atoms with Crippen molar-refractivity contribution in [2.75, 3.05) is 24.2 Å². The molecule has 31 heavy (non-hydrogen) atoms. The van der Waals surface area contributed by atoms with Crippen LogP contribution in [0.25, 0.3) is 11.1 Å². The molecule has 2 aromatic carbocycles. The largest absolute Gasteiger partial charge is 0.376 e. The molecule has 0 bridgehead atoms. The van der Waals surface area contributed by atoms with Crippen molar-refractivity contribution in [2.24, 2.45) is 0 Å². The molecular formula is C23H26N4O2S2. The Morgan fingerprint density at radius 2 is 1.94 bits per heavy atom. The predicted molar refractivity (Wildman–Crippen MR) is 127 cm³/mol. The summed E-state index contributed by atoms with van der Waals surface area (Å²) in [5, 5.41) is 15.4. The molecule has 4 rings (SSSR count). The predicted octanol–water partition coefficient (Wildman–Crippen LogP) is 4.77. The van der Waals surface area contributed by atoms with Crippen LogP contribution in [-0.4, -0.2) is 41.1 Å². The number of anilines is 1. The molecule has 0 radical (unpaired) electrons. The van der Waals surface area contributed by atoms with Gasteiger partial charge in [0.1, 0.15) is 0 Å². The van der Waals surface area contributed by atoms with Crippen LogP contribution in [0.4, 0.5) is 5.13 Å². The Labute approximate surface area is 190 Å². The molecule has 1 fully saturated rings. The van der Waals surface area contributed by atoms with Crippen molar-refractivity contribution in [1.29, 1.82) is 0 Å². The summed E-state index contributed by atoms with van der Waals surface area (Å²) in [6, 6.07) is 18.5. The van der Waals surface area contributed by atoms with Crippen molar-refractivity contribution in [1.82, 2.24) is 15.5 Å². The van der Waals surface area contributed by atoms with Crippen LogP contribution in [0.1, 0.15) is 31.4 Å². The third-order valence-corrected chi connectivity index (χ3v) is 7.15. The van der Waals surface area contributed by atoms with Gasteiger partial charge in [0.25, 0.3) is 0 Å². The summed E-state index contributed by atoms with van der Waals surface area (Å²) >= 11 is 2.87. The Morgan fingerprint density at radius 1 is 1.16 bits per heavy atom. The first-order chi connectivity index (χ1) is 15.2. The third-order valence-electron chi connectivity index (χ3n) is 5.13. The Bertz CT molecular complexity index is 973. The average Bonchev–Trinajstić information content (AvgIpc) is 3.49. The van der Waals surface area contributed by atoms with Gasteiger partial charge in [0.2, 0.25) is 11.0 Å². The zero-order valence-electron chi connectivity index (χ0n) is 17.4. The molecule has 8 heteroatoms. The van der Waals surface area contributed by atoms with E-state index in [4.69, 9.17) is 4.74 Å². The zero-order valence-corrected chi connectivity index (χ0v) is 19.0. The van der Waals surface area contributed by atoms with Crippen LogP contribution in [-0.2, 0) is 9.53 Å². The molecular weight excluding hydrogens is 428 g/mol. The van der Waals surface area contributed by atoms with Crippen molar-refractivity contribution in [3.8, 4) is 11.1 Å². The lowest BCUT2D eigenvalue weighted by Gasteiger charge is -2.14. The molecule has 2 N–H and O–H groups in total. The first-order valence-electron chi connectivity index (χ1n) is 10.4. The maximum Gasteiger partial charge on any atom is 0.230 e. The summed E-state index contributed by atoms with van der Waals surface area (Å²) in [6.07, 6.45) is 2.46. The molecule has 2 atom stereocenters. The van der Waals surface area contributed by atoms with E-state index >= 15 is 0 Å². The quantitative estimate of drug-likeness (QED) is 0.454. The van der Waals surface area contributed by atoms with E-state index in [2.05, 4.69) is 57.2 Å². The normalized spacial score (nSPS) is 16.7. The van der Waals surface area contributed by atoms with Crippen LogP contribution < -0.4 is 10.6 Å². The lowest BCUT2D eigenvalue weighted by Crippen LogP contribution is -2.28. The lowest BCUT2D eigenvalue weighted by atomic mass is 10.0. The van der Waals surface area contributed by atoms with Gasteiger partial charge in [-0.05, 0) is 36.5 Å². The third kappa shape index (κ3) is 6.29. The fraction of sp³-hybridized carbons (Fsp3) is 0.348. The van der Waals surface area contributed by atoms with E-state index in [1.54, 1.807) is 0 Å². The van der Waals surface area contributed by atoms with E-state index in [9.17, 15) is 4.79 Å². The minimum absolute atomic E-state index is 0.0197. The zero-order chi connectivity index (χ0) is 21.5. The van der Waals surface area contributed by atoms with E-state index in [0.29, 0.717) is 5.75 Å². The minimum atomic E-state index is -0.0593. The molecule has 1 aliphatic rings. The first kappa shape index (κ1) is 21.8. The highest BCUT2D eigenvalue weighted by Gasteiger charge is 2.16. The molecule has 0 saturated carbocycles. The number of ether oxygens (including phenoxy) is 1. The number of nitrogens with zero attached hydrogens (tertiary/aromatic N) is 2. The molecule has 162 valence electrons. The van der Waals surface area contributed by atoms with Crippen molar-refractivity contribution in [3.05, 3.63) is 60.2 Å². The lowest BCUT2D eigenvalue weighted by molar-refractivity contribution is -0.119. The highest BCUT2D eigenvalue weighted by Crippen LogP contribution is 2.26. The first-order valence-corrected chi connectivity index (χ1v) is 12.2. The number of nitrogens with one attached hydrogen (secondary N) is 2. The highest BCUT2D eigenvalue weighted by atomic mass is 32.2. The Kier molecular flexibility index (Phi) is 7.56. The molecule has 1 saturated heterocycles. The average molecular weight is 455 g/mol. The van der Waals surface area contributed by atoms with E-state index in [0.717, 1.165) is 41.0 Å². The maximum absolute atomic E-state index is 12.4. The molecule has 1 aliphatic heterocycles. The molecule has 0 aliphatic carbocycles. The van der Waals surface area contributed by atoms with Crippen molar-refractivity contribution < 1.29 is 9.53 Å². The number of hydrogen-bond acceptors (Lipinski definition) is 7. The number of aromatic nitrogens is 2. The van der Waals surface area contributed by atoms with Crippen molar-refractivity contribution >= 4 is 34.1 Å². The van der Waals surface area contributed by atoms with Gasteiger partial charge < -0.3 is 15.4 Å². The van der Waals surface area contributed by atoms with Crippen molar-refractivity contribution in [3.63, 3.8) is 0 Å². The number of rotatable bonds is 9. The Morgan fingerprint density at radius 3 is 2.68 bits per heavy atom. The maximum atomic E-state index is 12.4. The second kappa shape index (κ2) is 10.7. The van der Waals surface area contributed by atoms with Crippen molar-refractivity contribution in [2.45, 2.75) is 36.3 Å². The van der Waals surface area contributed by atoms with E-state index in [1.807, 2.05) is 25.1 Å². The number of hydrogen-bond donors (Lipinski definition) is 2. The molecule has 2 heterocycles. The molecule has 0 unspecified atom stereocenters. The van der Waals surface area contributed by atoms with Crippen LogP contribution in [0.3, 0.4) is 0 Å². The second-order valence-corrected chi connectivity index (χ2v) is 9.65. The number of benzene rings is 2. The van der Waals surface area contributed by atoms with Gasteiger partial charge in [-0.1, -0.05) is 77.7 Å². The van der Waals surface area contributed by atoms with E-state index < -0.39 is 0 Å². The number of thioether (sulfide) groups is 1. The summed E-state index contributed by atoms with van der Waals surface area (Å²) in [4.78, 5) is 12.4. The van der Waals surface area contributed by atoms with Gasteiger partial charge in [0, 0.05) is 13.2 Å². The number of carbonyl (C=O) groups excluding carboxylic acids is 1. The standard InChI is InChI=1S/C23H26N4O2S2/c1-16(17-9-11-19(12-10-17)18-6-3-2-4-7-18)25-21(28)15-30-23-27-26-22(31-23)24-14-20-8-5-13-29-20/h2-4,6-7,9-12,16,20H,5,8,13-15H2,1H3,(H,24,26)(H,25,28)/t16-,20+/m1/s1. The van der Waals surface area contributed by atoms with Gasteiger partial charge in [-0.2, -0.15) is 0 Å². The molecule has 3 aromatic rings.